The number of hydrogen-bond acceptors (Lipinski definition) is 4. The summed E-state index contributed by atoms with van der Waals surface area (Å²) in [6.45, 7) is 6.12. The highest BCUT2D eigenvalue weighted by Crippen LogP contribution is 2.13. The third-order valence-corrected chi connectivity index (χ3v) is 3.32. The maximum Gasteiger partial charge on any atom is 0.191 e. The number of furan rings is 1. The fourth-order valence-corrected chi connectivity index (χ4v) is 2.06. The summed E-state index contributed by atoms with van der Waals surface area (Å²) in [6.07, 6.45) is 0.785. The first-order valence-corrected chi connectivity index (χ1v) is 8.12. The van der Waals surface area contributed by atoms with Crippen LogP contribution in [0.5, 0.6) is 5.75 Å². The minimum Gasteiger partial charge on any atom is -0.492 e. The van der Waals surface area contributed by atoms with Crippen LogP contribution < -0.4 is 15.4 Å². The summed E-state index contributed by atoms with van der Waals surface area (Å²) in [7, 11) is 0. The molecule has 0 aliphatic heterocycles. The van der Waals surface area contributed by atoms with Crippen molar-refractivity contribution in [1.82, 2.24) is 10.6 Å². The van der Waals surface area contributed by atoms with Crippen LogP contribution in [0.25, 0.3) is 0 Å². The zero-order valence-electron chi connectivity index (χ0n) is 14.6. The van der Waals surface area contributed by atoms with Gasteiger partial charge in [0, 0.05) is 6.54 Å². The Kier molecular flexibility index (Phi) is 10.0. The Balaban J connectivity index is 0.00000312. The van der Waals surface area contributed by atoms with Gasteiger partial charge in [-0.15, -0.1) is 24.0 Å². The quantitative estimate of drug-likeness (QED) is 0.245. The van der Waals surface area contributed by atoms with Crippen LogP contribution in [-0.2, 0) is 0 Å². The topological polar surface area (TPSA) is 79.0 Å². The maximum atomic E-state index is 9.99. The SMILES string of the molecule is CCNC(=NCC(O)c1ccco1)NCCOc1ccc(C)cc1.I. The molecule has 0 bridgehead atoms. The van der Waals surface area contributed by atoms with Gasteiger partial charge in [0.2, 0.25) is 0 Å². The summed E-state index contributed by atoms with van der Waals surface area (Å²) in [6, 6.07) is 11.4. The number of halogens is 1. The number of guanidine groups is 1. The Morgan fingerprint density at radius 1 is 1.24 bits per heavy atom. The van der Waals surface area contributed by atoms with Crippen LogP contribution in [0.3, 0.4) is 0 Å². The van der Waals surface area contributed by atoms with Crippen LogP contribution in [0.2, 0.25) is 0 Å². The number of aliphatic imine (C=N–C) groups is 1. The lowest BCUT2D eigenvalue weighted by Crippen LogP contribution is -2.39. The minimum atomic E-state index is -0.751. The van der Waals surface area contributed by atoms with Gasteiger partial charge in [-0.05, 0) is 38.1 Å². The molecular formula is C18H26IN3O3. The Labute approximate surface area is 165 Å². The van der Waals surface area contributed by atoms with Gasteiger partial charge in [0.25, 0.3) is 0 Å². The average molecular weight is 459 g/mol. The van der Waals surface area contributed by atoms with Gasteiger partial charge < -0.3 is 24.9 Å². The number of aliphatic hydroxyl groups excluding tert-OH is 1. The lowest BCUT2D eigenvalue weighted by molar-refractivity contribution is 0.158. The van der Waals surface area contributed by atoms with Crippen LogP contribution in [0, 0.1) is 6.92 Å². The third-order valence-electron chi connectivity index (χ3n) is 3.32. The second kappa shape index (κ2) is 11.8. The van der Waals surface area contributed by atoms with Crippen LogP contribution in [-0.4, -0.2) is 37.3 Å². The smallest absolute Gasteiger partial charge is 0.191 e. The monoisotopic (exact) mass is 459 g/mol. The van der Waals surface area contributed by atoms with E-state index in [2.05, 4.69) is 15.6 Å². The van der Waals surface area contributed by atoms with E-state index < -0.39 is 6.10 Å². The number of nitrogens with one attached hydrogen (secondary N) is 2. The molecule has 1 atom stereocenters. The Morgan fingerprint density at radius 2 is 2.00 bits per heavy atom. The van der Waals surface area contributed by atoms with E-state index >= 15 is 0 Å². The fourth-order valence-electron chi connectivity index (χ4n) is 2.06. The van der Waals surface area contributed by atoms with Crippen molar-refractivity contribution >= 4 is 29.9 Å². The fraction of sp³-hybridized carbons (Fsp3) is 0.389. The van der Waals surface area contributed by atoms with Crippen molar-refractivity contribution in [2.75, 3.05) is 26.2 Å². The van der Waals surface area contributed by atoms with E-state index in [9.17, 15) is 5.11 Å². The van der Waals surface area contributed by atoms with Gasteiger partial charge >= 0.3 is 0 Å². The van der Waals surface area contributed by atoms with Gasteiger partial charge in [-0.1, -0.05) is 17.7 Å². The summed E-state index contributed by atoms with van der Waals surface area (Å²) in [5.74, 6) is 1.99. The van der Waals surface area contributed by atoms with E-state index in [1.165, 1.54) is 11.8 Å². The largest absolute Gasteiger partial charge is 0.492 e. The summed E-state index contributed by atoms with van der Waals surface area (Å²) in [5, 5.41) is 16.3. The highest BCUT2D eigenvalue weighted by atomic mass is 127. The van der Waals surface area contributed by atoms with E-state index in [1.807, 2.05) is 38.1 Å². The van der Waals surface area contributed by atoms with Crippen molar-refractivity contribution in [1.29, 1.82) is 0 Å². The molecular weight excluding hydrogens is 433 g/mol. The average Bonchev–Trinajstić information content (AvgIpc) is 3.12. The molecule has 0 saturated heterocycles. The van der Waals surface area contributed by atoms with Crippen molar-refractivity contribution in [2.24, 2.45) is 4.99 Å². The Bertz CT molecular complexity index is 615. The molecule has 7 heteroatoms. The summed E-state index contributed by atoms with van der Waals surface area (Å²) >= 11 is 0. The van der Waals surface area contributed by atoms with Gasteiger partial charge in [0.15, 0.2) is 5.96 Å². The molecule has 1 heterocycles. The molecule has 1 unspecified atom stereocenters. The van der Waals surface area contributed by atoms with Crippen molar-refractivity contribution in [3.63, 3.8) is 0 Å². The van der Waals surface area contributed by atoms with Crippen molar-refractivity contribution in [3.8, 4) is 5.75 Å². The molecule has 0 saturated carbocycles. The molecule has 2 rings (SSSR count). The summed E-state index contributed by atoms with van der Waals surface area (Å²) < 4.78 is 10.8. The van der Waals surface area contributed by atoms with E-state index in [1.54, 1.807) is 12.1 Å². The number of benzene rings is 1. The highest BCUT2D eigenvalue weighted by Gasteiger charge is 2.09. The minimum absolute atomic E-state index is 0. The number of aliphatic hydroxyl groups is 1. The molecule has 0 aliphatic rings. The number of hydrogen-bond donors (Lipinski definition) is 3. The Hall–Kier alpha value is -1.74. The zero-order valence-corrected chi connectivity index (χ0v) is 16.9. The van der Waals surface area contributed by atoms with Crippen molar-refractivity contribution < 1.29 is 14.3 Å². The second-order valence-electron chi connectivity index (χ2n) is 5.34. The molecule has 6 nitrogen and oxygen atoms in total. The highest BCUT2D eigenvalue weighted by molar-refractivity contribution is 14.0. The first kappa shape index (κ1) is 21.3. The van der Waals surface area contributed by atoms with Crippen LogP contribution in [0.4, 0.5) is 0 Å². The lowest BCUT2D eigenvalue weighted by Gasteiger charge is -2.13. The van der Waals surface area contributed by atoms with Crippen LogP contribution in [0.15, 0.2) is 52.1 Å². The van der Waals surface area contributed by atoms with Crippen molar-refractivity contribution in [2.45, 2.75) is 20.0 Å². The predicted molar refractivity (Wildman–Crippen MR) is 110 cm³/mol. The van der Waals surface area contributed by atoms with E-state index in [0.717, 1.165) is 12.3 Å². The van der Waals surface area contributed by atoms with Gasteiger partial charge in [-0.2, -0.15) is 0 Å². The summed E-state index contributed by atoms with van der Waals surface area (Å²) in [4.78, 5) is 4.35. The molecule has 0 amide bonds. The first-order chi connectivity index (χ1) is 11.7. The molecule has 0 radical (unpaired) electrons. The molecule has 1 aromatic carbocycles. The normalized spacial score (nSPS) is 12.2. The van der Waals surface area contributed by atoms with Gasteiger partial charge in [-0.3, -0.25) is 4.99 Å². The van der Waals surface area contributed by atoms with E-state index in [0.29, 0.717) is 24.9 Å². The molecule has 0 aliphatic carbocycles. The van der Waals surface area contributed by atoms with Crippen LogP contribution in [0.1, 0.15) is 24.4 Å². The van der Waals surface area contributed by atoms with E-state index in [4.69, 9.17) is 9.15 Å². The van der Waals surface area contributed by atoms with E-state index in [-0.39, 0.29) is 30.5 Å². The molecule has 25 heavy (non-hydrogen) atoms. The third kappa shape index (κ3) is 7.78. The molecule has 1 aromatic heterocycles. The maximum absolute atomic E-state index is 9.99. The van der Waals surface area contributed by atoms with Gasteiger partial charge in [0.05, 0.1) is 19.4 Å². The molecule has 138 valence electrons. The zero-order chi connectivity index (χ0) is 17.2. The first-order valence-electron chi connectivity index (χ1n) is 8.12. The van der Waals surface area contributed by atoms with Gasteiger partial charge in [0.1, 0.15) is 24.2 Å². The Morgan fingerprint density at radius 3 is 2.64 bits per heavy atom. The number of rotatable bonds is 8. The predicted octanol–water partition coefficient (Wildman–Crippen LogP) is 2.87. The molecule has 3 N–H and O–H groups in total. The second-order valence-corrected chi connectivity index (χ2v) is 5.34. The molecule has 2 aromatic rings. The molecule has 0 spiro atoms. The molecule has 0 fully saturated rings. The lowest BCUT2D eigenvalue weighted by atomic mass is 10.2. The number of nitrogens with zero attached hydrogens (tertiary/aromatic N) is 1. The van der Waals surface area contributed by atoms with Gasteiger partial charge in [-0.25, -0.2) is 0 Å². The van der Waals surface area contributed by atoms with Crippen LogP contribution >= 0.6 is 24.0 Å². The van der Waals surface area contributed by atoms with Crippen molar-refractivity contribution in [3.05, 3.63) is 54.0 Å². The summed E-state index contributed by atoms with van der Waals surface area (Å²) in [5.41, 5.74) is 1.21. The number of ether oxygens (including phenoxy) is 1. The number of aryl methyl sites for hydroxylation is 1. The standard InChI is InChI=1S/C18H25N3O3.HI/c1-3-19-18(21-13-16(22)17-5-4-11-24-17)20-10-12-23-15-8-6-14(2)7-9-15;/h4-9,11,16,22H,3,10,12-13H2,1-2H3,(H2,19,20,21);1H.